The van der Waals surface area contributed by atoms with Crippen LogP contribution in [0.2, 0.25) is 0 Å². The molecule has 0 rings (SSSR count). The highest BCUT2D eigenvalue weighted by Gasteiger charge is 2.28. The summed E-state index contributed by atoms with van der Waals surface area (Å²) in [6, 6.07) is 0. The number of hydrogen-bond donors (Lipinski definition) is 2. The van der Waals surface area contributed by atoms with Crippen molar-refractivity contribution in [1.82, 2.24) is 0 Å². The summed E-state index contributed by atoms with van der Waals surface area (Å²) in [7, 11) is -4.74. The lowest BCUT2D eigenvalue weighted by molar-refractivity contribution is -0.161. The van der Waals surface area contributed by atoms with Crippen LogP contribution in [0.5, 0.6) is 0 Å². The van der Waals surface area contributed by atoms with Crippen LogP contribution >= 0.6 is 7.82 Å². The Morgan fingerprint density at radius 3 is 1.11 bits per heavy atom. The number of allylic oxidation sites excluding steroid dienone is 8. The topological polar surface area (TPSA) is 155 Å². The average molecular weight is 1040 g/mol. The van der Waals surface area contributed by atoms with Crippen LogP contribution in [0.3, 0.4) is 0 Å². The Morgan fingerprint density at radius 1 is 0.403 bits per heavy atom. The normalized spacial score (nSPS) is 13.7. The van der Waals surface area contributed by atoms with Crippen LogP contribution in [-0.4, -0.2) is 66.5 Å². The van der Waals surface area contributed by atoms with E-state index in [0.717, 1.165) is 103 Å². The molecule has 0 bridgehead atoms. The average Bonchev–Trinajstić information content (AvgIpc) is 3.37. The maximum absolute atomic E-state index is 12.9. The van der Waals surface area contributed by atoms with Gasteiger partial charge in [0.25, 0.3) is 0 Å². The van der Waals surface area contributed by atoms with Crippen LogP contribution < -0.4 is 0 Å². The molecule has 0 fully saturated rings. The molecule has 0 aliphatic carbocycles. The monoisotopic (exact) mass is 1040 g/mol. The number of rotatable bonds is 55. The van der Waals surface area contributed by atoms with Crippen molar-refractivity contribution >= 4 is 25.7 Å². The zero-order valence-corrected chi connectivity index (χ0v) is 47.3. The highest BCUT2D eigenvalue weighted by atomic mass is 31.2. The number of ether oxygens (including phenoxy) is 3. The standard InChI is InChI=1S/C60H109O11P/c1-4-7-10-13-16-19-21-23-25-27-28-30-32-34-36-39-42-45-48-51-60(64)71-57(53-67-58(62)49-46-43-40-38-35-33-31-29-26-24-22-20-17-14-11-8-5-2)55-69-72(65,66)68-54-56(52-61)70-59(63)50-47-44-41-37-18-15-12-9-6-3/h7,10,16,19,23,25,28,30,56-57,61H,4-6,8-9,11-15,17-18,20-22,24,26-27,29,31-55H2,1-3H3,(H,65,66)/b10-7-,19-16-,25-23-,30-28-. The van der Waals surface area contributed by atoms with Gasteiger partial charge in [0.05, 0.1) is 19.8 Å². The van der Waals surface area contributed by atoms with E-state index in [1.165, 1.54) is 116 Å². The van der Waals surface area contributed by atoms with E-state index in [-0.39, 0.29) is 25.9 Å². The molecule has 0 aliphatic heterocycles. The molecule has 0 radical (unpaired) electrons. The highest BCUT2D eigenvalue weighted by molar-refractivity contribution is 7.47. The first-order valence-corrected chi connectivity index (χ1v) is 31.0. The molecule has 3 unspecified atom stereocenters. The first kappa shape index (κ1) is 69.4. The number of carbonyl (C=O) groups is 3. The Bertz CT molecular complexity index is 1400. The predicted octanol–water partition coefficient (Wildman–Crippen LogP) is 17.4. The molecular formula is C60H109O11P. The summed E-state index contributed by atoms with van der Waals surface area (Å²) < 4.78 is 39.5. The first-order chi connectivity index (χ1) is 35.2. The molecule has 2 N–H and O–H groups in total. The van der Waals surface area contributed by atoms with E-state index >= 15 is 0 Å². The fourth-order valence-electron chi connectivity index (χ4n) is 8.29. The van der Waals surface area contributed by atoms with Gasteiger partial charge in [-0.05, 0) is 57.8 Å². The molecule has 0 amide bonds. The van der Waals surface area contributed by atoms with Crippen molar-refractivity contribution < 1.29 is 52.2 Å². The van der Waals surface area contributed by atoms with Gasteiger partial charge < -0.3 is 24.2 Å². The van der Waals surface area contributed by atoms with E-state index < -0.39 is 57.8 Å². The molecule has 11 nitrogen and oxygen atoms in total. The van der Waals surface area contributed by atoms with Gasteiger partial charge in [0.2, 0.25) is 0 Å². The maximum Gasteiger partial charge on any atom is 0.472 e. The second-order valence-electron chi connectivity index (χ2n) is 19.8. The molecule has 0 saturated heterocycles. The molecule has 0 aromatic rings. The van der Waals surface area contributed by atoms with E-state index in [0.29, 0.717) is 19.3 Å². The summed E-state index contributed by atoms with van der Waals surface area (Å²) in [4.78, 5) is 48.5. The lowest BCUT2D eigenvalue weighted by Gasteiger charge is -2.21. The maximum atomic E-state index is 12.9. The van der Waals surface area contributed by atoms with E-state index in [1.807, 2.05) is 0 Å². The Balaban J connectivity index is 4.70. The number of carbonyl (C=O) groups excluding carboxylic acids is 3. The van der Waals surface area contributed by atoms with Crippen molar-refractivity contribution in [2.24, 2.45) is 0 Å². The largest absolute Gasteiger partial charge is 0.472 e. The summed E-state index contributed by atoms with van der Waals surface area (Å²) in [5.74, 6) is -1.46. The summed E-state index contributed by atoms with van der Waals surface area (Å²) in [5, 5.41) is 9.78. The Labute approximate surface area is 441 Å². The van der Waals surface area contributed by atoms with Gasteiger partial charge >= 0.3 is 25.7 Å². The lowest BCUT2D eigenvalue weighted by atomic mass is 10.0. The second-order valence-corrected chi connectivity index (χ2v) is 21.2. The van der Waals surface area contributed by atoms with Gasteiger partial charge in [-0.15, -0.1) is 0 Å². The highest BCUT2D eigenvalue weighted by Crippen LogP contribution is 2.43. The Morgan fingerprint density at radius 2 is 0.722 bits per heavy atom. The van der Waals surface area contributed by atoms with Gasteiger partial charge in [0, 0.05) is 19.3 Å². The number of esters is 3. The minimum atomic E-state index is -4.74. The van der Waals surface area contributed by atoms with Crippen molar-refractivity contribution in [2.75, 3.05) is 26.4 Å². The zero-order chi connectivity index (χ0) is 52.7. The summed E-state index contributed by atoms with van der Waals surface area (Å²) >= 11 is 0. The van der Waals surface area contributed by atoms with Crippen LogP contribution in [0.25, 0.3) is 0 Å². The number of phosphoric ester groups is 1. The van der Waals surface area contributed by atoms with Crippen molar-refractivity contribution in [3.63, 3.8) is 0 Å². The van der Waals surface area contributed by atoms with E-state index in [1.54, 1.807) is 0 Å². The molecule has 0 aromatic heterocycles. The molecule has 420 valence electrons. The van der Waals surface area contributed by atoms with Crippen molar-refractivity contribution in [2.45, 2.75) is 290 Å². The molecule has 0 spiro atoms. The van der Waals surface area contributed by atoms with Crippen LogP contribution in [0.1, 0.15) is 278 Å². The fourth-order valence-corrected chi connectivity index (χ4v) is 9.07. The van der Waals surface area contributed by atoms with Gasteiger partial charge in [-0.3, -0.25) is 23.4 Å². The zero-order valence-electron chi connectivity index (χ0n) is 46.4. The van der Waals surface area contributed by atoms with E-state index in [4.69, 9.17) is 23.3 Å². The minimum absolute atomic E-state index is 0.154. The summed E-state index contributed by atoms with van der Waals surface area (Å²) in [6.45, 7) is 4.53. The fraction of sp³-hybridized carbons (Fsp3) is 0.817. The molecular weight excluding hydrogens is 928 g/mol. The molecule has 72 heavy (non-hydrogen) atoms. The van der Waals surface area contributed by atoms with Gasteiger partial charge in [-0.1, -0.05) is 249 Å². The number of phosphoric acid groups is 1. The summed E-state index contributed by atoms with van der Waals surface area (Å²) in [5.41, 5.74) is 0. The van der Waals surface area contributed by atoms with Crippen LogP contribution in [0.4, 0.5) is 0 Å². The van der Waals surface area contributed by atoms with Crippen LogP contribution in [0, 0.1) is 0 Å². The Hall–Kier alpha value is -2.56. The van der Waals surface area contributed by atoms with Crippen LogP contribution in [-0.2, 0) is 42.2 Å². The Kier molecular flexibility index (Phi) is 52.7. The predicted molar refractivity (Wildman–Crippen MR) is 298 cm³/mol. The van der Waals surface area contributed by atoms with E-state index in [2.05, 4.69) is 69.4 Å². The number of aliphatic hydroxyl groups excluding tert-OH is 1. The molecule has 0 saturated carbocycles. The summed E-state index contributed by atoms with van der Waals surface area (Å²) in [6.07, 6.45) is 57.9. The number of aliphatic hydroxyl groups is 1. The van der Waals surface area contributed by atoms with Gasteiger partial charge in [-0.2, -0.15) is 0 Å². The second kappa shape index (κ2) is 54.7. The molecule has 3 atom stereocenters. The van der Waals surface area contributed by atoms with Gasteiger partial charge in [0.1, 0.15) is 12.7 Å². The third kappa shape index (κ3) is 52.3. The van der Waals surface area contributed by atoms with Gasteiger partial charge in [0.15, 0.2) is 6.10 Å². The molecule has 12 heteroatoms. The minimum Gasteiger partial charge on any atom is -0.462 e. The van der Waals surface area contributed by atoms with Crippen molar-refractivity contribution in [1.29, 1.82) is 0 Å². The smallest absolute Gasteiger partial charge is 0.462 e. The quantitative estimate of drug-likeness (QED) is 0.0197. The van der Waals surface area contributed by atoms with Crippen molar-refractivity contribution in [3.8, 4) is 0 Å². The third-order valence-corrected chi connectivity index (χ3v) is 13.7. The van der Waals surface area contributed by atoms with Crippen LogP contribution in [0.15, 0.2) is 48.6 Å². The third-order valence-electron chi connectivity index (χ3n) is 12.8. The number of unbranched alkanes of at least 4 members (excludes halogenated alkanes) is 30. The molecule has 0 heterocycles. The van der Waals surface area contributed by atoms with E-state index in [9.17, 15) is 28.9 Å². The molecule has 0 aliphatic rings. The van der Waals surface area contributed by atoms with Crippen molar-refractivity contribution in [3.05, 3.63) is 48.6 Å². The SMILES string of the molecule is CC/C=C\C/C=C\C/C=C\C/C=C\CCCCCCCCC(=O)OC(COC(=O)CCCCCCCCCCCCCCCCCCC)COP(=O)(O)OCC(CO)OC(=O)CCCCCCCCCCC. The van der Waals surface area contributed by atoms with Gasteiger partial charge in [-0.25, -0.2) is 4.57 Å². The number of hydrogen-bond acceptors (Lipinski definition) is 10. The molecule has 0 aromatic carbocycles. The first-order valence-electron chi connectivity index (χ1n) is 29.5. The lowest BCUT2D eigenvalue weighted by Crippen LogP contribution is -2.30.